The molecular formula is C24H49N. The zero-order valence-corrected chi connectivity index (χ0v) is 17.6. The highest BCUT2D eigenvalue weighted by molar-refractivity contribution is 4.74. The van der Waals surface area contributed by atoms with Gasteiger partial charge >= 0.3 is 0 Å². The first-order valence-electron chi connectivity index (χ1n) is 11.8. The lowest BCUT2D eigenvalue weighted by Gasteiger charge is -2.04. The minimum absolute atomic E-state index is 1.16. The second-order valence-electron chi connectivity index (χ2n) is 7.93. The maximum Gasteiger partial charge on any atom is -0.0103 e. The zero-order valence-electron chi connectivity index (χ0n) is 17.6. The molecule has 150 valence electrons. The number of rotatable bonds is 21. The van der Waals surface area contributed by atoms with Crippen molar-refractivity contribution >= 4 is 0 Å². The van der Waals surface area contributed by atoms with Crippen molar-refractivity contribution in [3.63, 3.8) is 0 Å². The second kappa shape index (κ2) is 23.5. The highest BCUT2D eigenvalue weighted by Crippen LogP contribution is 2.14. The highest BCUT2D eigenvalue weighted by Gasteiger charge is 1.95. The van der Waals surface area contributed by atoms with Gasteiger partial charge in [-0.2, -0.15) is 0 Å². The van der Waals surface area contributed by atoms with E-state index in [-0.39, 0.29) is 0 Å². The fourth-order valence-electron chi connectivity index (χ4n) is 3.61. The van der Waals surface area contributed by atoms with Crippen LogP contribution in [0, 0.1) is 0 Å². The maximum absolute atomic E-state index is 5.33. The lowest BCUT2D eigenvalue weighted by atomic mass is 10.0. The van der Waals surface area contributed by atoms with Gasteiger partial charge in [-0.1, -0.05) is 135 Å². The molecule has 2 N–H and O–H groups in total. The SMILES string of the molecule is CCCCCCCCCCCCCCCCCCCCCC/C=C/N. The zero-order chi connectivity index (χ0) is 18.3. The molecule has 1 nitrogen and oxygen atoms in total. The summed E-state index contributed by atoms with van der Waals surface area (Å²) in [6.45, 7) is 2.30. The molecule has 0 aliphatic heterocycles. The van der Waals surface area contributed by atoms with Crippen molar-refractivity contribution in [3.05, 3.63) is 12.3 Å². The van der Waals surface area contributed by atoms with Crippen LogP contribution in [-0.2, 0) is 0 Å². The topological polar surface area (TPSA) is 26.0 Å². The predicted molar refractivity (Wildman–Crippen MR) is 116 cm³/mol. The van der Waals surface area contributed by atoms with Gasteiger partial charge in [0.2, 0.25) is 0 Å². The van der Waals surface area contributed by atoms with E-state index in [9.17, 15) is 0 Å². The fraction of sp³-hybridized carbons (Fsp3) is 0.917. The van der Waals surface area contributed by atoms with Crippen LogP contribution in [-0.4, -0.2) is 0 Å². The Hall–Kier alpha value is -0.460. The van der Waals surface area contributed by atoms with Crippen LogP contribution < -0.4 is 5.73 Å². The van der Waals surface area contributed by atoms with Crippen molar-refractivity contribution in [1.29, 1.82) is 0 Å². The lowest BCUT2D eigenvalue weighted by Crippen LogP contribution is -1.84. The van der Waals surface area contributed by atoms with E-state index in [0.717, 1.165) is 6.42 Å². The monoisotopic (exact) mass is 351 g/mol. The average Bonchev–Trinajstić information content (AvgIpc) is 2.63. The first-order valence-corrected chi connectivity index (χ1v) is 11.8. The van der Waals surface area contributed by atoms with Crippen LogP contribution in [0.2, 0.25) is 0 Å². The van der Waals surface area contributed by atoms with E-state index in [2.05, 4.69) is 13.0 Å². The Balaban J connectivity index is 2.96. The summed E-state index contributed by atoms with van der Waals surface area (Å²) in [7, 11) is 0. The predicted octanol–water partition coefficient (Wildman–Crippen LogP) is 8.67. The molecule has 0 aromatic heterocycles. The van der Waals surface area contributed by atoms with E-state index in [1.54, 1.807) is 6.20 Å². The summed E-state index contributed by atoms with van der Waals surface area (Å²) >= 11 is 0. The van der Waals surface area contributed by atoms with Gasteiger partial charge < -0.3 is 5.73 Å². The lowest BCUT2D eigenvalue weighted by molar-refractivity contribution is 0.522. The smallest absolute Gasteiger partial charge is 0.0103 e. The molecule has 0 saturated heterocycles. The molecule has 0 aliphatic carbocycles. The van der Waals surface area contributed by atoms with Crippen LogP contribution in [0.1, 0.15) is 142 Å². The summed E-state index contributed by atoms with van der Waals surface area (Å²) < 4.78 is 0. The van der Waals surface area contributed by atoms with E-state index < -0.39 is 0 Å². The Labute approximate surface area is 160 Å². The molecule has 1 heteroatoms. The molecule has 0 rings (SSSR count). The van der Waals surface area contributed by atoms with E-state index in [1.807, 2.05) is 0 Å². The highest BCUT2D eigenvalue weighted by atomic mass is 14.5. The fourth-order valence-corrected chi connectivity index (χ4v) is 3.61. The van der Waals surface area contributed by atoms with Gasteiger partial charge in [-0.25, -0.2) is 0 Å². The molecule has 0 spiro atoms. The summed E-state index contributed by atoms with van der Waals surface area (Å²) in [6.07, 6.45) is 33.9. The third-order valence-corrected chi connectivity index (χ3v) is 5.36. The van der Waals surface area contributed by atoms with Crippen molar-refractivity contribution in [2.45, 2.75) is 142 Å². The Morgan fingerprint density at radius 1 is 0.440 bits per heavy atom. The van der Waals surface area contributed by atoms with Crippen molar-refractivity contribution in [3.8, 4) is 0 Å². The number of allylic oxidation sites excluding steroid dienone is 1. The number of unbranched alkanes of at least 4 members (excludes halogenated alkanes) is 20. The molecule has 0 bridgehead atoms. The minimum atomic E-state index is 1.16. The van der Waals surface area contributed by atoms with Gasteiger partial charge in [0.1, 0.15) is 0 Å². The van der Waals surface area contributed by atoms with E-state index in [0.29, 0.717) is 0 Å². The molecule has 0 aromatic carbocycles. The molecule has 0 fully saturated rings. The Bertz CT molecular complexity index is 246. The first kappa shape index (κ1) is 24.5. The summed E-state index contributed by atoms with van der Waals surface area (Å²) in [4.78, 5) is 0. The molecule has 0 amide bonds. The molecule has 25 heavy (non-hydrogen) atoms. The van der Waals surface area contributed by atoms with Crippen LogP contribution in [0.3, 0.4) is 0 Å². The van der Waals surface area contributed by atoms with Crippen molar-refractivity contribution < 1.29 is 0 Å². The van der Waals surface area contributed by atoms with Crippen molar-refractivity contribution in [2.75, 3.05) is 0 Å². The standard InChI is InChI=1S/C24H49N/c1-2-3-4-5-6-7-8-9-10-11-12-13-14-15-16-17-18-19-20-21-22-23-24-25/h23-24H,2-22,25H2,1H3/b24-23+. The van der Waals surface area contributed by atoms with Crippen LogP contribution in [0.5, 0.6) is 0 Å². The summed E-state index contributed by atoms with van der Waals surface area (Å²) in [5.74, 6) is 0. The number of hydrogen-bond donors (Lipinski definition) is 1. The normalized spacial score (nSPS) is 11.6. The molecule has 0 aliphatic rings. The third-order valence-electron chi connectivity index (χ3n) is 5.36. The average molecular weight is 352 g/mol. The Kier molecular flexibility index (Phi) is 23.1. The van der Waals surface area contributed by atoms with Gasteiger partial charge in [0, 0.05) is 0 Å². The van der Waals surface area contributed by atoms with Crippen molar-refractivity contribution in [1.82, 2.24) is 0 Å². The van der Waals surface area contributed by atoms with Gasteiger partial charge in [0.25, 0.3) is 0 Å². The largest absolute Gasteiger partial charge is 0.405 e. The van der Waals surface area contributed by atoms with E-state index in [4.69, 9.17) is 5.73 Å². The molecule has 0 heterocycles. The van der Waals surface area contributed by atoms with Crippen LogP contribution in [0.25, 0.3) is 0 Å². The molecule has 0 atom stereocenters. The van der Waals surface area contributed by atoms with Crippen LogP contribution in [0.4, 0.5) is 0 Å². The maximum atomic E-state index is 5.33. The van der Waals surface area contributed by atoms with Crippen LogP contribution >= 0.6 is 0 Å². The van der Waals surface area contributed by atoms with Gasteiger partial charge in [0.15, 0.2) is 0 Å². The summed E-state index contributed by atoms with van der Waals surface area (Å²) in [6, 6.07) is 0. The van der Waals surface area contributed by atoms with Crippen LogP contribution in [0.15, 0.2) is 12.3 Å². The first-order chi connectivity index (χ1) is 12.4. The molecular weight excluding hydrogens is 302 g/mol. The molecule has 0 saturated carbocycles. The molecule has 0 aromatic rings. The Morgan fingerprint density at radius 3 is 1.00 bits per heavy atom. The second-order valence-corrected chi connectivity index (χ2v) is 7.93. The summed E-state index contributed by atoms with van der Waals surface area (Å²) in [5, 5.41) is 0. The number of nitrogens with two attached hydrogens (primary N) is 1. The third kappa shape index (κ3) is 23.5. The Morgan fingerprint density at radius 2 is 0.720 bits per heavy atom. The van der Waals surface area contributed by atoms with E-state index in [1.165, 1.54) is 128 Å². The quantitative estimate of drug-likeness (QED) is 0.206. The van der Waals surface area contributed by atoms with Gasteiger partial charge in [-0.3, -0.25) is 0 Å². The van der Waals surface area contributed by atoms with Gasteiger partial charge in [-0.05, 0) is 19.0 Å². The van der Waals surface area contributed by atoms with Gasteiger partial charge in [-0.15, -0.1) is 0 Å². The summed E-state index contributed by atoms with van der Waals surface area (Å²) in [5.41, 5.74) is 5.33. The number of hydrogen-bond acceptors (Lipinski definition) is 1. The minimum Gasteiger partial charge on any atom is -0.405 e. The molecule has 0 unspecified atom stereocenters. The molecule has 0 radical (unpaired) electrons. The van der Waals surface area contributed by atoms with Gasteiger partial charge in [0.05, 0.1) is 0 Å². The van der Waals surface area contributed by atoms with Crippen molar-refractivity contribution in [2.24, 2.45) is 5.73 Å². The van der Waals surface area contributed by atoms with E-state index >= 15 is 0 Å².